The summed E-state index contributed by atoms with van der Waals surface area (Å²) in [7, 11) is 0. The van der Waals surface area contributed by atoms with Crippen LogP contribution < -0.4 is 5.32 Å². The summed E-state index contributed by atoms with van der Waals surface area (Å²) in [6.45, 7) is -0.121. The lowest BCUT2D eigenvalue weighted by atomic mass is 10.0. The normalized spacial score (nSPS) is 14.5. The highest BCUT2D eigenvalue weighted by Gasteiger charge is 2.21. The van der Waals surface area contributed by atoms with E-state index in [1.807, 2.05) is 24.4 Å². The van der Waals surface area contributed by atoms with Gasteiger partial charge in [0.05, 0.1) is 23.4 Å². The van der Waals surface area contributed by atoms with E-state index in [2.05, 4.69) is 10.3 Å². The maximum atomic E-state index is 13.5. The van der Waals surface area contributed by atoms with Gasteiger partial charge in [-0.15, -0.1) is 0 Å². The molecule has 30 heavy (non-hydrogen) atoms. The maximum Gasteiger partial charge on any atom is 0.223 e. The van der Waals surface area contributed by atoms with Crippen LogP contribution in [0.5, 0.6) is 0 Å². The number of aliphatic hydroxyl groups excluding tert-OH is 1. The molecule has 1 aliphatic rings. The van der Waals surface area contributed by atoms with Crippen LogP contribution in [0.2, 0.25) is 0 Å². The Bertz CT molecular complexity index is 1180. The molecule has 0 aliphatic heterocycles. The van der Waals surface area contributed by atoms with Gasteiger partial charge >= 0.3 is 0 Å². The van der Waals surface area contributed by atoms with Gasteiger partial charge in [-0.05, 0) is 49.2 Å². The quantitative estimate of drug-likeness (QED) is 0.515. The number of benzene rings is 1. The van der Waals surface area contributed by atoms with Crippen molar-refractivity contribution in [1.29, 1.82) is 0 Å². The number of fused-ring (bicyclic) bond motifs is 1. The molecule has 152 valence electrons. The lowest BCUT2D eigenvalue weighted by Crippen LogP contribution is -2.16. The third-order valence-electron chi connectivity index (χ3n) is 5.63. The fourth-order valence-electron chi connectivity index (χ4n) is 4.17. The number of halogens is 1. The highest BCUT2D eigenvalue weighted by atomic mass is 19.1. The molecule has 1 aliphatic carbocycles. The van der Waals surface area contributed by atoms with Gasteiger partial charge < -0.3 is 10.4 Å². The highest BCUT2D eigenvalue weighted by Crippen LogP contribution is 2.36. The van der Waals surface area contributed by atoms with E-state index in [0.29, 0.717) is 23.4 Å². The molecule has 3 aromatic heterocycles. The topological polar surface area (TPSA) is 75.3 Å². The summed E-state index contributed by atoms with van der Waals surface area (Å²) in [5, 5.41) is 18.1. The summed E-state index contributed by atoms with van der Waals surface area (Å²) in [6.07, 6.45) is 8.27. The molecule has 0 unspecified atom stereocenters. The molecule has 1 fully saturated rings. The summed E-state index contributed by atoms with van der Waals surface area (Å²) in [5.74, 6) is 0.287. The second-order valence-electron chi connectivity index (χ2n) is 7.61. The number of nitrogens with zero attached hydrogens (tertiary/aromatic N) is 4. The molecule has 0 spiro atoms. The fraction of sp³-hybridized carbons (Fsp3) is 0.261. The van der Waals surface area contributed by atoms with Crippen LogP contribution in [0, 0.1) is 5.82 Å². The van der Waals surface area contributed by atoms with Crippen LogP contribution in [-0.4, -0.2) is 30.7 Å². The minimum absolute atomic E-state index is 0.121. The van der Waals surface area contributed by atoms with E-state index in [0.717, 1.165) is 35.0 Å². The third-order valence-corrected chi connectivity index (χ3v) is 5.63. The van der Waals surface area contributed by atoms with Crippen molar-refractivity contribution in [3.63, 3.8) is 0 Å². The SMILES string of the molecule is OCc1cccn2nc(-c3ccc(F)cc3)c(-c3ccnc(NC4CCCC4)n3)c12. The monoisotopic (exact) mass is 403 g/mol. The summed E-state index contributed by atoms with van der Waals surface area (Å²) < 4.78 is 15.2. The van der Waals surface area contributed by atoms with Gasteiger partial charge in [-0.3, -0.25) is 0 Å². The summed E-state index contributed by atoms with van der Waals surface area (Å²) in [6, 6.07) is 12.2. The van der Waals surface area contributed by atoms with Crippen molar-refractivity contribution < 1.29 is 9.50 Å². The van der Waals surface area contributed by atoms with E-state index in [1.54, 1.807) is 22.8 Å². The Hall–Kier alpha value is -3.32. The molecule has 6 nitrogen and oxygen atoms in total. The highest BCUT2D eigenvalue weighted by molar-refractivity contribution is 5.92. The second kappa shape index (κ2) is 7.84. The van der Waals surface area contributed by atoms with Crippen molar-refractivity contribution in [1.82, 2.24) is 19.6 Å². The summed E-state index contributed by atoms with van der Waals surface area (Å²) in [4.78, 5) is 9.18. The molecule has 0 amide bonds. The largest absolute Gasteiger partial charge is 0.392 e. The first-order valence-electron chi connectivity index (χ1n) is 10.2. The van der Waals surface area contributed by atoms with Gasteiger partial charge in [0.1, 0.15) is 11.5 Å². The molecule has 5 rings (SSSR count). The molecule has 0 atom stereocenters. The average Bonchev–Trinajstić information content (AvgIpc) is 3.42. The molecule has 3 heterocycles. The molecule has 1 aromatic carbocycles. The summed E-state index contributed by atoms with van der Waals surface area (Å²) >= 11 is 0. The van der Waals surface area contributed by atoms with Crippen LogP contribution in [0.25, 0.3) is 28.0 Å². The van der Waals surface area contributed by atoms with E-state index < -0.39 is 0 Å². The smallest absolute Gasteiger partial charge is 0.223 e. The number of nitrogens with one attached hydrogen (secondary N) is 1. The zero-order valence-electron chi connectivity index (χ0n) is 16.4. The fourth-order valence-corrected chi connectivity index (χ4v) is 4.17. The first-order valence-corrected chi connectivity index (χ1v) is 10.2. The Labute approximate surface area is 173 Å². The second-order valence-corrected chi connectivity index (χ2v) is 7.61. The van der Waals surface area contributed by atoms with E-state index >= 15 is 0 Å². The predicted octanol–water partition coefficient (Wildman–Crippen LogP) is 4.44. The molecule has 7 heteroatoms. The van der Waals surface area contributed by atoms with Crippen LogP contribution in [0.3, 0.4) is 0 Å². The molecule has 1 saturated carbocycles. The van der Waals surface area contributed by atoms with Crippen molar-refractivity contribution in [3.8, 4) is 22.5 Å². The van der Waals surface area contributed by atoms with Gasteiger partial charge in [0.2, 0.25) is 5.95 Å². The van der Waals surface area contributed by atoms with Crippen LogP contribution in [0.4, 0.5) is 10.3 Å². The molecular formula is C23H22FN5O. The first kappa shape index (κ1) is 18.7. The number of anilines is 1. The van der Waals surface area contributed by atoms with Gasteiger partial charge in [0.15, 0.2) is 0 Å². The molecule has 0 bridgehead atoms. The molecule has 4 aromatic rings. The average molecular weight is 403 g/mol. The van der Waals surface area contributed by atoms with Crippen molar-refractivity contribution in [2.75, 3.05) is 5.32 Å². The number of hydrogen-bond donors (Lipinski definition) is 2. The van der Waals surface area contributed by atoms with Crippen LogP contribution in [-0.2, 0) is 6.61 Å². The predicted molar refractivity (Wildman–Crippen MR) is 113 cm³/mol. The molecule has 2 N–H and O–H groups in total. The Kier molecular flexibility index (Phi) is 4.88. The summed E-state index contributed by atoms with van der Waals surface area (Å²) in [5.41, 5.74) is 4.50. The van der Waals surface area contributed by atoms with Crippen molar-refractivity contribution >= 4 is 11.5 Å². The first-order chi connectivity index (χ1) is 14.7. The van der Waals surface area contributed by atoms with Crippen LogP contribution >= 0.6 is 0 Å². The van der Waals surface area contributed by atoms with E-state index in [4.69, 9.17) is 10.1 Å². The zero-order chi connectivity index (χ0) is 20.5. The maximum absolute atomic E-state index is 13.5. The Morgan fingerprint density at radius 2 is 1.90 bits per heavy atom. The van der Waals surface area contributed by atoms with Gasteiger partial charge in [0, 0.05) is 29.6 Å². The minimum atomic E-state index is -0.301. The van der Waals surface area contributed by atoms with E-state index in [1.165, 1.54) is 25.0 Å². The van der Waals surface area contributed by atoms with Crippen LogP contribution in [0.15, 0.2) is 54.9 Å². The standard InChI is InChI=1S/C23H22FN5O/c24-17-9-7-15(8-10-17)21-20(22-16(14-30)4-3-13-29(22)28-21)19-11-12-25-23(27-19)26-18-5-1-2-6-18/h3-4,7-13,18,30H,1-2,5-6,14H2,(H,25,26,27). The number of hydrogen-bond acceptors (Lipinski definition) is 5. The van der Waals surface area contributed by atoms with Gasteiger partial charge in [-0.2, -0.15) is 5.10 Å². The Balaban J connectivity index is 1.68. The lowest BCUT2D eigenvalue weighted by Gasteiger charge is -2.12. The number of aromatic nitrogens is 4. The van der Waals surface area contributed by atoms with E-state index in [9.17, 15) is 9.50 Å². The third kappa shape index (κ3) is 3.41. The number of pyridine rings is 1. The Morgan fingerprint density at radius 3 is 2.67 bits per heavy atom. The zero-order valence-corrected chi connectivity index (χ0v) is 16.4. The minimum Gasteiger partial charge on any atom is -0.392 e. The lowest BCUT2D eigenvalue weighted by molar-refractivity contribution is 0.283. The number of rotatable bonds is 5. The molecule has 0 radical (unpaired) electrons. The van der Waals surface area contributed by atoms with Crippen LogP contribution in [0.1, 0.15) is 31.2 Å². The molecule has 0 saturated heterocycles. The van der Waals surface area contributed by atoms with Gasteiger partial charge in [-0.25, -0.2) is 18.9 Å². The number of aliphatic hydroxyl groups is 1. The van der Waals surface area contributed by atoms with Crippen molar-refractivity contribution in [2.24, 2.45) is 0 Å². The van der Waals surface area contributed by atoms with Gasteiger partial charge in [0.25, 0.3) is 0 Å². The van der Waals surface area contributed by atoms with Crippen molar-refractivity contribution in [3.05, 3.63) is 66.2 Å². The Morgan fingerprint density at radius 1 is 1.10 bits per heavy atom. The molecular weight excluding hydrogens is 381 g/mol. The van der Waals surface area contributed by atoms with Gasteiger partial charge in [-0.1, -0.05) is 18.9 Å². The van der Waals surface area contributed by atoms with Crippen molar-refractivity contribution in [2.45, 2.75) is 38.3 Å². The van der Waals surface area contributed by atoms with E-state index in [-0.39, 0.29) is 12.4 Å².